The van der Waals surface area contributed by atoms with Gasteiger partial charge in [0.25, 0.3) is 0 Å². The van der Waals surface area contributed by atoms with E-state index in [1.807, 2.05) is 59.2 Å². The number of aromatic nitrogens is 2. The van der Waals surface area contributed by atoms with Gasteiger partial charge in [-0.25, -0.2) is 9.37 Å². The highest BCUT2D eigenvalue weighted by molar-refractivity contribution is 5.96. The third-order valence-corrected chi connectivity index (χ3v) is 5.87. The number of ether oxygens (including phenoxy) is 1. The lowest BCUT2D eigenvalue weighted by molar-refractivity contribution is -0.117. The van der Waals surface area contributed by atoms with Crippen LogP contribution in [-0.4, -0.2) is 39.8 Å². The highest BCUT2D eigenvalue weighted by Gasteiger charge is 2.35. The SMILES string of the molecule is O=C1CC(c2nc3ccccc3n2CC(O)COc2ccccc2)CN1c1cccc(F)c1. The van der Waals surface area contributed by atoms with Crippen molar-refractivity contribution in [3.8, 4) is 5.75 Å². The van der Waals surface area contributed by atoms with Gasteiger partial charge < -0.3 is 19.3 Å². The van der Waals surface area contributed by atoms with Crippen molar-refractivity contribution in [2.45, 2.75) is 25.0 Å². The van der Waals surface area contributed by atoms with E-state index in [1.54, 1.807) is 17.0 Å². The first-order valence-electron chi connectivity index (χ1n) is 11.0. The van der Waals surface area contributed by atoms with Crippen molar-refractivity contribution >= 4 is 22.6 Å². The van der Waals surface area contributed by atoms with Crippen molar-refractivity contribution in [1.29, 1.82) is 0 Å². The molecule has 1 aromatic heterocycles. The summed E-state index contributed by atoms with van der Waals surface area (Å²) in [5.41, 5.74) is 2.24. The van der Waals surface area contributed by atoms with E-state index in [0.717, 1.165) is 16.9 Å². The minimum atomic E-state index is -0.766. The number of fused-ring (bicyclic) bond motifs is 1. The zero-order chi connectivity index (χ0) is 22.8. The lowest BCUT2D eigenvalue weighted by Crippen LogP contribution is -2.26. The van der Waals surface area contributed by atoms with E-state index in [2.05, 4.69) is 0 Å². The molecular weight excluding hydrogens is 421 g/mol. The lowest BCUT2D eigenvalue weighted by Gasteiger charge is -2.19. The first-order chi connectivity index (χ1) is 16.1. The summed E-state index contributed by atoms with van der Waals surface area (Å²) in [4.78, 5) is 19.2. The van der Waals surface area contributed by atoms with Gasteiger partial charge in [-0.3, -0.25) is 4.79 Å². The molecule has 1 fully saturated rings. The van der Waals surface area contributed by atoms with Gasteiger partial charge in [0, 0.05) is 24.6 Å². The molecular formula is C26H24FN3O3. The van der Waals surface area contributed by atoms with Crippen LogP contribution in [0.1, 0.15) is 18.2 Å². The number of anilines is 1. The Morgan fingerprint density at radius 1 is 1.06 bits per heavy atom. The molecule has 2 heterocycles. The van der Waals surface area contributed by atoms with E-state index >= 15 is 0 Å². The van der Waals surface area contributed by atoms with Crippen LogP contribution in [0.15, 0.2) is 78.9 Å². The predicted octanol–water partition coefficient (Wildman–Crippen LogP) is 4.14. The number of hydrogen-bond donors (Lipinski definition) is 1. The molecule has 4 aromatic rings. The molecule has 0 spiro atoms. The summed E-state index contributed by atoms with van der Waals surface area (Å²) in [6, 6.07) is 23.1. The Hall–Kier alpha value is -3.71. The molecule has 1 N–H and O–H groups in total. The van der Waals surface area contributed by atoms with E-state index in [4.69, 9.17) is 9.72 Å². The second-order valence-corrected chi connectivity index (χ2v) is 8.23. The summed E-state index contributed by atoms with van der Waals surface area (Å²) in [6.07, 6.45) is -0.491. The third-order valence-electron chi connectivity index (χ3n) is 5.87. The van der Waals surface area contributed by atoms with Crippen LogP contribution < -0.4 is 9.64 Å². The maximum atomic E-state index is 13.7. The summed E-state index contributed by atoms with van der Waals surface area (Å²) < 4.78 is 21.4. The van der Waals surface area contributed by atoms with Gasteiger partial charge in [0.2, 0.25) is 5.91 Å². The summed E-state index contributed by atoms with van der Waals surface area (Å²) in [6.45, 7) is 0.824. The molecule has 6 nitrogen and oxygen atoms in total. The largest absolute Gasteiger partial charge is 0.491 e. The number of aliphatic hydroxyl groups excluding tert-OH is 1. The van der Waals surface area contributed by atoms with E-state index in [-0.39, 0.29) is 37.2 Å². The van der Waals surface area contributed by atoms with Gasteiger partial charge >= 0.3 is 0 Å². The van der Waals surface area contributed by atoms with Crippen molar-refractivity contribution in [3.05, 3.63) is 90.5 Å². The average molecular weight is 445 g/mol. The predicted molar refractivity (Wildman–Crippen MR) is 124 cm³/mol. The number of aliphatic hydroxyl groups is 1. The maximum Gasteiger partial charge on any atom is 0.227 e. The van der Waals surface area contributed by atoms with Crippen LogP contribution in [0.3, 0.4) is 0 Å². The van der Waals surface area contributed by atoms with Gasteiger partial charge in [-0.2, -0.15) is 0 Å². The molecule has 168 valence electrons. The molecule has 0 saturated carbocycles. The van der Waals surface area contributed by atoms with E-state index in [1.165, 1.54) is 12.1 Å². The number of carbonyl (C=O) groups is 1. The molecule has 5 rings (SSSR count). The number of imidazole rings is 1. The molecule has 33 heavy (non-hydrogen) atoms. The Kier molecular flexibility index (Phi) is 5.79. The van der Waals surface area contributed by atoms with E-state index in [9.17, 15) is 14.3 Å². The van der Waals surface area contributed by atoms with Crippen LogP contribution in [0.5, 0.6) is 5.75 Å². The number of nitrogens with zero attached hydrogens (tertiary/aromatic N) is 3. The smallest absolute Gasteiger partial charge is 0.227 e. The fraction of sp³-hybridized carbons (Fsp3) is 0.231. The van der Waals surface area contributed by atoms with E-state index < -0.39 is 6.10 Å². The number of hydrogen-bond acceptors (Lipinski definition) is 4. The Morgan fingerprint density at radius 3 is 2.67 bits per heavy atom. The Morgan fingerprint density at radius 2 is 1.85 bits per heavy atom. The molecule has 7 heteroatoms. The van der Waals surface area contributed by atoms with Crippen molar-refractivity contribution < 1.29 is 19.0 Å². The first kappa shape index (κ1) is 21.2. The molecule has 2 atom stereocenters. The van der Waals surface area contributed by atoms with Crippen LogP contribution in [0.2, 0.25) is 0 Å². The van der Waals surface area contributed by atoms with Gasteiger partial charge in [0.1, 0.15) is 30.1 Å². The third kappa shape index (κ3) is 4.45. The normalized spacial score (nSPS) is 17.0. The van der Waals surface area contributed by atoms with Crippen LogP contribution in [0.4, 0.5) is 10.1 Å². The number of amides is 1. The summed E-state index contributed by atoms with van der Waals surface area (Å²) in [5.74, 6) is 0.812. The molecule has 0 bridgehead atoms. The topological polar surface area (TPSA) is 67.6 Å². The van der Waals surface area contributed by atoms with Crippen molar-refractivity contribution in [1.82, 2.24) is 9.55 Å². The number of benzene rings is 3. The number of carbonyl (C=O) groups excluding carboxylic acids is 1. The minimum absolute atomic E-state index is 0.0721. The fourth-order valence-electron chi connectivity index (χ4n) is 4.34. The zero-order valence-electron chi connectivity index (χ0n) is 18.0. The zero-order valence-corrected chi connectivity index (χ0v) is 18.0. The Bertz CT molecular complexity index is 1270. The van der Waals surface area contributed by atoms with E-state index in [0.29, 0.717) is 18.0 Å². The van der Waals surface area contributed by atoms with Crippen molar-refractivity contribution in [2.75, 3.05) is 18.1 Å². The second-order valence-electron chi connectivity index (χ2n) is 8.23. The molecule has 1 saturated heterocycles. The van der Waals surface area contributed by atoms with Crippen LogP contribution >= 0.6 is 0 Å². The number of para-hydroxylation sites is 3. The summed E-state index contributed by atoms with van der Waals surface area (Å²) >= 11 is 0. The first-order valence-corrected chi connectivity index (χ1v) is 11.0. The maximum absolute atomic E-state index is 13.7. The highest BCUT2D eigenvalue weighted by atomic mass is 19.1. The van der Waals surface area contributed by atoms with Crippen molar-refractivity contribution in [3.63, 3.8) is 0 Å². The highest BCUT2D eigenvalue weighted by Crippen LogP contribution is 2.33. The summed E-state index contributed by atoms with van der Waals surface area (Å²) in [7, 11) is 0. The van der Waals surface area contributed by atoms with Gasteiger partial charge in [-0.05, 0) is 42.5 Å². The van der Waals surface area contributed by atoms with Gasteiger partial charge in [-0.15, -0.1) is 0 Å². The molecule has 2 unspecified atom stereocenters. The van der Waals surface area contributed by atoms with Crippen LogP contribution in [0.25, 0.3) is 11.0 Å². The standard InChI is InChI=1S/C26H24FN3O3/c27-19-7-6-8-20(14-19)29-15-18(13-25(29)32)26-28-23-11-4-5-12-24(23)30(26)16-21(31)17-33-22-9-2-1-3-10-22/h1-12,14,18,21,31H,13,15-17H2. The molecule has 0 radical (unpaired) electrons. The van der Waals surface area contributed by atoms with Crippen LogP contribution in [0, 0.1) is 5.82 Å². The monoisotopic (exact) mass is 445 g/mol. The Balaban J connectivity index is 1.39. The second kappa shape index (κ2) is 9.03. The Labute approximate surface area is 190 Å². The quantitative estimate of drug-likeness (QED) is 0.464. The van der Waals surface area contributed by atoms with Crippen LogP contribution in [-0.2, 0) is 11.3 Å². The van der Waals surface area contributed by atoms with Gasteiger partial charge in [0.05, 0.1) is 17.6 Å². The lowest BCUT2D eigenvalue weighted by atomic mass is 10.1. The van der Waals surface area contributed by atoms with Gasteiger partial charge in [-0.1, -0.05) is 36.4 Å². The van der Waals surface area contributed by atoms with Crippen molar-refractivity contribution in [2.24, 2.45) is 0 Å². The van der Waals surface area contributed by atoms with Gasteiger partial charge in [0.15, 0.2) is 0 Å². The number of rotatable bonds is 7. The molecule has 1 aliphatic rings. The fourth-order valence-corrected chi connectivity index (χ4v) is 4.34. The number of halogens is 1. The molecule has 1 amide bonds. The molecule has 1 aliphatic heterocycles. The molecule has 0 aliphatic carbocycles. The molecule has 3 aromatic carbocycles. The minimum Gasteiger partial charge on any atom is -0.491 e. The average Bonchev–Trinajstić information content (AvgIpc) is 3.39. The summed E-state index contributed by atoms with van der Waals surface area (Å²) in [5, 5.41) is 10.7.